The second kappa shape index (κ2) is 10.7. The summed E-state index contributed by atoms with van der Waals surface area (Å²) in [6.07, 6.45) is 4.71. The SMILES string of the molecule is O=C(NCCO)C1=CC(Oc2ccccc2I)C(O)C(N(Cc2ccoc2)C(=O)C2CC2)C1. The molecule has 2 aromatic rings. The van der Waals surface area contributed by atoms with E-state index in [0.29, 0.717) is 11.3 Å². The molecule has 1 saturated carbocycles. The van der Waals surface area contributed by atoms with Crippen LogP contribution < -0.4 is 10.1 Å². The zero-order valence-corrected chi connectivity index (χ0v) is 20.2. The van der Waals surface area contributed by atoms with Crippen LogP contribution in [-0.4, -0.2) is 58.3 Å². The summed E-state index contributed by atoms with van der Waals surface area (Å²) in [7, 11) is 0. The number of aliphatic hydroxyl groups is 2. The highest BCUT2D eigenvalue weighted by Crippen LogP contribution is 2.36. The largest absolute Gasteiger partial charge is 0.482 e. The first-order valence-electron chi connectivity index (χ1n) is 11.0. The average Bonchev–Trinajstić information content (AvgIpc) is 3.54. The van der Waals surface area contributed by atoms with Crippen LogP contribution in [0.25, 0.3) is 0 Å². The van der Waals surface area contributed by atoms with Gasteiger partial charge in [0.2, 0.25) is 11.8 Å². The van der Waals surface area contributed by atoms with Crippen LogP contribution in [0.5, 0.6) is 5.75 Å². The molecule has 3 N–H and O–H groups in total. The van der Waals surface area contributed by atoms with E-state index < -0.39 is 18.2 Å². The number of nitrogens with one attached hydrogen (secondary N) is 1. The number of carbonyl (C=O) groups is 2. The predicted molar refractivity (Wildman–Crippen MR) is 128 cm³/mol. The van der Waals surface area contributed by atoms with Gasteiger partial charge in [0.05, 0.1) is 28.7 Å². The molecule has 3 atom stereocenters. The Hall–Kier alpha value is -2.37. The molecule has 3 unspecified atom stereocenters. The summed E-state index contributed by atoms with van der Waals surface area (Å²) in [6.45, 7) is 0.208. The van der Waals surface area contributed by atoms with Gasteiger partial charge in [-0.05, 0) is 59.7 Å². The first-order chi connectivity index (χ1) is 16.0. The third-order valence-corrected chi connectivity index (χ3v) is 6.75. The topological polar surface area (TPSA) is 112 Å². The van der Waals surface area contributed by atoms with Crippen molar-refractivity contribution in [2.24, 2.45) is 5.92 Å². The molecule has 0 spiro atoms. The molecule has 0 aliphatic heterocycles. The van der Waals surface area contributed by atoms with E-state index in [9.17, 15) is 14.7 Å². The highest BCUT2D eigenvalue weighted by atomic mass is 127. The van der Waals surface area contributed by atoms with Crippen molar-refractivity contribution in [2.75, 3.05) is 13.2 Å². The lowest BCUT2D eigenvalue weighted by molar-refractivity contribution is -0.140. The first-order valence-corrected chi connectivity index (χ1v) is 12.1. The molecule has 0 bridgehead atoms. The molecular weight excluding hydrogens is 539 g/mol. The van der Waals surface area contributed by atoms with Gasteiger partial charge in [-0.15, -0.1) is 0 Å². The molecule has 1 fully saturated rings. The maximum Gasteiger partial charge on any atom is 0.247 e. The Kier molecular flexibility index (Phi) is 7.71. The minimum Gasteiger partial charge on any atom is -0.482 e. The lowest BCUT2D eigenvalue weighted by atomic mass is 9.87. The molecule has 0 saturated heterocycles. The van der Waals surface area contributed by atoms with E-state index in [1.807, 2.05) is 18.2 Å². The first kappa shape index (κ1) is 23.8. The molecule has 1 aromatic heterocycles. The normalized spacial score (nSPS) is 22.4. The Morgan fingerprint density at radius 1 is 1.24 bits per heavy atom. The van der Waals surface area contributed by atoms with Crippen molar-refractivity contribution < 1.29 is 29.0 Å². The second-order valence-corrected chi connectivity index (χ2v) is 9.48. The third kappa shape index (κ3) is 5.77. The van der Waals surface area contributed by atoms with Crippen LogP contribution in [0.1, 0.15) is 24.8 Å². The van der Waals surface area contributed by atoms with Crippen LogP contribution in [0.3, 0.4) is 0 Å². The van der Waals surface area contributed by atoms with Gasteiger partial charge in [-0.1, -0.05) is 12.1 Å². The summed E-state index contributed by atoms with van der Waals surface area (Å²) in [6, 6.07) is 8.55. The molecule has 33 heavy (non-hydrogen) atoms. The van der Waals surface area contributed by atoms with E-state index >= 15 is 0 Å². The minimum absolute atomic E-state index is 0.0368. The van der Waals surface area contributed by atoms with Gasteiger partial charge in [0.25, 0.3) is 0 Å². The number of amides is 2. The smallest absolute Gasteiger partial charge is 0.247 e. The van der Waals surface area contributed by atoms with Crippen molar-refractivity contribution in [3.05, 3.63) is 63.6 Å². The zero-order valence-electron chi connectivity index (χ0n) is 18.0. The lowest BCUT2D eigenvalue weighted by Gasteiger charge is -2.40. The van der Waals surface area contributed by atoms with E-state index in [-0.39, 0.29) is 43.8 Å². The van der Waals surface area contributed by atoms with Crippen LogP contribution in [0.4, 0.5) is 0 Å². The van der Waals surface area contributed by atoms with Gasteiger partial charge in [0.15, 0.2) is 0 Å². The Balaban J connectivity index is 1.65. The van der Waals surface area contributed by atoms with Gasteiger partial charge in [-0.2, -0.15) is 0 Å². The molecule has 2 aliphatic rings. The molecule has 1 heterocycles. The summed E-state index contributed by atoms with van der Waals surface area (Å²) >= 11 is 2.15. The summed E-state index contributed by atoms with van der Waals surface area (Å²) in [5.41, 5.74) is 1.22. The average molecular weight is 566 g/mol. The lowest BCUT2D eigenvalue weighted by Crippen LogP contribution is -2.55. The summed E-state index contributed by atoms with van der Waals surface area (Å²) in [4.78, 5) is 27.7. The Labute approximate surface area is 205 Å². The van der Waals surface area contributed by atoms with Gasteiger partial charge in [-0.3, -0.25) is 9.59 Å². The van der Waals surface area contributed by atoms with Crippen molar-refractivity contribution in [2.45, 2.75) is 44.1 Å². The fourth-order valence-electron chi connectivity index (χ4n) is 3.97. The highest BCUT2D eigenvalue weighted by Gasteiger charge is 2.44. The zero-order chi connectivity index (χ0) is 23.4. The van der Waals surface area contributed by atoms with E-state index in [2.05, 4.69) is 27.9 Å². The summed E-state index contributed by atoms with van der Waals surface area (Å²) in [5.74, 6) is 0.143. The van der Waals surface area contributed by atoms with Crippen molar-refractivity contribution >= 4 is 34.4 Å². The molecule has 0 radical (unpaired) electrons. The maximum atomic E-state index is 13.2. The number of halogens is 1. The van der Waals surface area contributed by atoms with Crippen LogP contribution >= 0.6 is 22.6 Å². The number of ether oxygens (including phenoxy) is 1. The summed E-state index contributed by atoms with van der Waals surface area (Å²) < 4.78 is 12.2. The highest BCUT2D eigenvalue weighted by molar-refractivity contribution is 14.1. The number of furan rings is 1. The number of para-hydroxylation sites is 1. The Morgan fingerprint density at radius 2 is 2.03 bits per heavy atom. The van der Waals surface area contributed by atoms with Crippen LogP contribution in [0.2, 0.25) is 0 Å². The number of rotatable bonds is 9. The molecule has 8 nitrogen and oxygen atoms in total. The van der Waals surface area contributed by atoms with Crippen molar-refractivity contribution in [3.8, 4) is 5.75 Å². The van der Waals surface area contributed by atoms with E-state index in [4.69, 9.17) is 14.3 Å². The van der Waals surface area contributed by atoms with Crippen molar-refractivity contribution in [1.29, 1.82) is 0 Å². The van der Waals surface area contributed by atoms with E-state index in [1.165, 1.54) is 0 Å². The Morgan fingerprint density at radius 3 is 2.70 bits per heavy atom. The molecule has 2 aliphatic carbocycles. The molecule has 176 valence electrons. The van der Waals surface area contributed by atoms with Gasteiger partial charge >= 0.3 is 0 Å². The quantitative estimate of drug-likeness (QED) is 0.402. The molecule has 2 amide bonds. The van der Waals surface area contributed by atoms with Crippen molar-refractivity contribution in [3.63, 3.8) is 0 Å². The number of carbonyl (C=O) groups excluding carboxylic acids is 2. The molecule has 1 aromatic carbocycles. The molecular formula is C24H27IN2O6. The second-order valence-electron chi connectivity index (χ2n) is 8.32. The number of nitrogens with zero attached hydrogens (tertiary/aromatic N) is 1. The predicted octanol–water partition coefficient (Wildman–Crippen LogP) is 2.24. The van der Waals surface area contributed by atoms with Gasteiger partial charge < -0.3 is 29.6 Å². The van der Waals surface area contributed by atoms with Gasteiger partial charge in [0, 0.05) is 36.6 Å². The van der Waals surface area contributed by atoms with Crippen molar-refractivity contribution in [1.82, 2.24) is 10.2 Å². The fourth-order valence-corrected chi connectivity index (χ4v) is 4.48. The minimum atomic E-state index is -1.04. The monoisotopic (exact) mass is 566 g/mol. The van der Waals surface area contributed by atoms with Crippen LogP contribution in [0, 0.1) is 9.49 Å². The van der Waals surface area contributed by atoms with Gasteiger partial charge in [-0.25, -0.2) is 0 Å². The summed E-state index contributed by atoms with van der Waals surface area (Å²) in [5, 5.41) is 23.1. The van der Waals surface area contributed by atoms with Gasteiger partial charge in [0.1, 0.15) is 18.0 Å². The van der Waals surface area contributed by atoms with Crippen LogP contribution in [0.15, 0.2) is 58.9 Å². The fraction of sp³-hybridized carbons (Fsp3) is 0.417. The number of benzene rings is 1. The Bertz CT molecular complexity index is 1000. The number of hydrogen-bond acceptors (Lipinski definition) is 6. The van der Waals surface area contributed by atoms with Crippen LogP contribution in [-0.2, 0) is 16.1 Å². The standard InChI is InChI=1S/C24H27IN2O6/c25-18-3-1-2-4-20(18)33-21-12-17(23(30)26-8-9-28)11-19(22(21)29)27(24(31)16-5-6-16)13-15-7-10-32-14-15/h1-4,7,10,12,14,16,19,21-22,28-29H,5-6,8-9,11,13H2,(H,26,30). The van der Waals surface area contributed by atoms with E-state index in [0.717, 1.165) is 22.0 Å². The number of hydrogen-bond donors (Lipinski definition) is 3. The maximum absolute atomic E-state index is 13.2. The number of aliphatic hydroxyl groups excluding tert-OH is 2. The molecule has 4 rings (SSSR count). The molecule has 9 heteroatoms. The van der Waals surface area contributed by atoms with E-state index in [1.54, 1.807) is 35.6 Å². The third-order valence-electron chi connectivity index (χ3n) is 5.86.